The van der Waals surface area contributed by atoms with Gasteiger partial charge in [0.1, 0.15) is 0 Å². The molecule has 0 amide bonds. The Morgan fingerprint density at radius 1 is 1.27 bits per heavy atom. The van der Waals surface area contributed by atoms with Crippen molar-refractivity contribution in [1.29, 1.82) is 0 Å². The quantitative estimate of drug-likeness (QED) is 0.844. The summed E-state index contributed by atoms with van der Waals surface area (Å²) in [6.45, 7) is 2.10. The Morgan fingerprint density at radius 3 is 2.20 bits per heavy atom. The molecule has 0 aliphatic carbocycles. The molecule has 1 N–H and O–H groups in total. The lowest BCUT2D eigenvalue weighted by atomic mass is 10.0. The largest absolute Gasteiger partial charge is 0.396 e. The van der Waals surface area contributed by atoms with Gasteiger partial charge in [0.2, 0.25) is 0 Å². The summed E-state index contributed by atoms with van der Waals surface area (Å²) in [7, 11) is -3.10. The van der Waals surface area contributed by atoms with Crippen LogP contribution >= 0.6 is 0 Å². The molecule has 0 aliphatic rings. The zero-order valence-corrected chi connectivity index (χ0v) is 9.79. The molecular weight excluding hydrogens is 212 g/mol. The molecule has 0 spiro atoms. The van der Waals surface area contributed by atoms with Gasteiger partial charge in [-0.1, -0.05) is 19.1 Å². The van der Waals surface area contributed by atoms with Crippen molar-refractivity contribution in [3.05, 3.63) is 29.8 Å². The molecule has 4 heteroatoms. The Labute approximate surface area is 90.7 Å². The molecule has 0 aromatic heterocycles. The number of aliphatic hydroxyl groups excluding tert-OH is 1. The highest BCUT2D eigenvalue weighted by Gasteiger charge is 2.07. The van der Waals surface area contributed by atoms with Crippen LogP contribution in [0.25, 0.3) is 0 Å². The van der Waals surface area contributed by atoms with Gasteiger partial charge in [-0.05, 0) is 30.0 Å². The molecule has 84 valence electrons. The summed E-state index contributed by atoms with van der Waals surface area (Å²) >= 11 is 0. The van der Waals surface area contributed by atoms with E-state index in [-0.39, 0.29) is 12.5 Å². The van der Waals surface area contributed by atoms with Crippen LogP contribution in [0.5, 0.6) is 0 Å². The maximum Gasteiger partial charge on any atom is 0.175 e. The summed E-state index contributed by atoms with van der Waals surface area (Å²) in [5, 5.41) is 8.88. The van der Waals surface area contributed by atoms with Gasteiger partial charge in [-0.15, -0.1) is 0 Å². The van der Waals surface area contributed by atoms with E-state index in [1.54, 1.807) is 24.3 Å². The molecule has 1 aromatic carbocycles. The fourth-order valence-electron chi connectivity index (χ4n) is 1.34. The smallest absolute Gasteiger partial charge is 0.175 e. The van der Waals surface area contributed by atoms with Crippen molar-refractivity contribution in [2.45, 2.75) is 18.2 Å². The lowest BCUT2D eigenvalue weighted by molar-refractivity contribution is 0.237. The van der Waals surface area contributed by atoms with Crippen LogP contribution in [0.1, 0.15) is 12.5 Å². The molecule has 0 saturated carbocycles. The van der Waals surface area contributed by atoms with Gasteiger partial charge >= 0.3 is 0 Å². The fraction of sp³-hybridized carbons (Fsp3) is 0.455. The summed E-state index contributed by atoms with van der Waals surface area (Å²) < 4.78 is 22.4. The van der Waals surface area contributed by atoms with Crippen LogP contribution in [0.2, 0.25) is 0 Å². The Morgan fingerprint density at radius 2 is 1.80 bits per heavy atom. The molecule has 1 unspecified atom stereocenters. The average Bonchev–Trinajstić information content (AvgIpc) is 2.17. The molecule has 1 rings (SSSR count). The number of rotatable bonds is 4. The molecule has 0 heterocycles. The number of benzene rings is 1. The van der Waals surface area contributed by atoms with E-state index in [1.165, 1.54) is 6.26 Å². The van der Waals surface area contributed by atoms with Gasteiger partial charge in [0.05, 0.1) is 4.90 Å². The second-order valence-electron chi connectivity index (χ2n) is 3.91. The van der Waals surface area contributed by atoms with Crippen molar-refractivity contribution < 1.29 is 13.5 Å². The summed E-state index contributed by atoms with van der Waals surface area (Å²) in [6.07, 6.45) is 1.96. The molecule has 1 atom stereocenters. The maximum atomic E-state index is 11.2. The van der Waals surface area contributed by atoms with E-state index in [2.05, 4.69) is 0 Å². The predicted molar refractivity (Wildman–Crippen MR) is 59.5 cm³/mol. The van der Waals surface area contributed by atoms with E-state index in [4.69, 9.17) is 5.11 Å². The monoisotopic (exact) mass is 228 g/mol. The van der Waals surface area contributed by atoms with Gasteiger partial charge in [-0.2, -0.15) is 0 Å². The van der Waals surface area contributed by atoms with Crippen LogP contribution in [-0.4, -0.2) is 26.4 Å². The Balaban J connectivity index is 2.82. The molecular formula is C11H16O3S. The minimum absolute atomic E-state index is 0.147. The number of hydrogen-bond donors (Lipinski definition) is 1. The Hall–Kier alpha value is -0.870. The van der Waals surface area contributed by atoms with Gasteiger partial charge in [-0.25, -0.2) is 8.42 Å². The average molecular weight is 228 g/mol. The normalized spacial score (nSPS) is 13.8. The van der Waals surface area contributed by atoms with Crippen LogP contribution in [0, 0.1) is 5.92 Å². The number of aliphatic hydroxyl groups is 1. The van der Waals surface area contributed by atoms with Gasteiger partial charge in [-0.3, -0.25) is 0 Å². The summed E-state index contributed by atoms with van der Waals surface area (Å²) in [5.74, 6) is 0.203. The minimum Gasteiger partial charge on any atom is -0.396 e. The van der Waals surface area contributed by atoms with Gasteiger partial charge in [0.25, 0.3) is 0 Å². The first-order chi connectivity index (χ1) is 6.93. The lowest BCUT2D eigenvalue weighted by Crippen LogP contribution is -2.05. The van der Waals surface area contributed by atoms with Crippen LogP contribution in [0.4, 0.5) is 0 Å². The Kier molecular flexibility index (Phi) is 3.88. The standard InChI is InChI=1S/C11H16O3S/c1-9(8-12)7-10-3-5-11(6-4-10)15(2,13)14/h3-6,9,12H,7-8H2,1-2H3. The van der Waals surface area contributed by atoms with Gasteiger partial charge < -0.3 is 5.11 Å². The van der Waals surface area contributed by atoms with Crippen molar-refractivity contribution in [1.82, 2.24) is 0 Å². The third-order valence-corrected chi connectivity index (χ3v) is 3.38. The van der Waals surface area contributed by atoms with Crippen molar-refractivity contribution in [2.24, 2.45) is 5.92 Å². The lowest BCUT2D eigenvalue weighted by Gasteiger charge is -2.07. The molecule has 0 bridgehead atoms. The second-order valence-corrected chi connectivity index (χ2v) is 5.92. The van der Waals surface area contributed by atoms with E-state index in [9.17, 15) is 8.42 Å². The second kappa shape index (κ2) is 4.77. The third kappa shape index (κ3) is 3.64. The molecule has 15 heavy (non-hydrogen) atoms. The zero-order chi connectivity index (χ0) is 11.5. The van der Waals surface area contributed by atoms with E-state index in [0.29, 0.717) is 4.90 Å². The van der Waals surface area contributed by atoms with Crippen LogP contribution in [-0.2, 0) is 16.3 Å². The molecule has 1 aromatic rings. The van der Waals surface area contributed by atoms with Crippen molar-refractivity contribution in [2.75, 3.05) is 12.9 Å². The first-order valence-corrected chi connectivity index (χ1v) is 6.72. The molecule has 0 saturated heterocycles. The van der Waals surface area contributed by atoms with E-state index < -0.39 is 9.84 Å². The third-order valence-electron chi connectivity index (χ3n) is 2.25. The number of hydrogen-bond acceptors (Lipinski definition) is 3. The zero-order valence-electron chi connectivity index (χ0n) is 8.97. The van der Waals surface area contributed by atoms with Crippen molar-refractivity contribution in [3.8, 4) is 0 Å². The van der Waals surface area contributed by atoms with E-state index in [0.717, 1.165) is 12.0 Å². The topological polar surface area (TPSA) is 54.4 Å². The first kappa shape index (κ1) is 12.2. The van der Waals surface area contributed by atoms with E-state index in [1.807, 2.05) is 6.92 Å². The van der Waals surface area contributed by atoms with Crippen molar-refractivity contribution >= 4 is 9.84 Å². The van der Waals surface area contributed by atoms with Crippen LogP contribution in [0.15, 0.2) is 29.2 Å². The SMILES string of the molecule is CC(CO)Cc1ccc(S(C)(=O)=O)cc1. The van der Waals surface area contributed by atoms with Crippen LogP contribution in [0.3, 0.4) is 0 Å². The maximum absolute atomic E-state index is 11.2. The van der Waals surface area contributed by atoms with Gasteiger partial charge in [0.15, 0.2) is 9.84 Å². The summed E-state index contributed by atoms with van der Waals surface area (Å²) in [5.41, 5.74) is 1.05. The summed E-state index contributed by atoms with van der Waals surface area (Å²) in [6, 6.07) is 6.80. The fourth-order valence-corrected chi connectivity index (χ4v) is 1.97. The van der Waals surface area contributed by atoms with Gasteiger partial charge in [0, 0.05) is 12.9 Å². The van der Waals surface area contributed by atoms with Crippen molar-refractivity contribution in [3.63, 3.8) is 0 Å². The van der Waals surface area contributed by atoms with E-state index >= 15 is 0 Å². The Bertz CT molecular complexity index is 406. The predicted octanol–water partition coefficient (Wildman–Crippen LogP) is 1.26. The molecule has 0 fully saturated rings. The number of sulfone groups is 1. The minimum atomic E-state index is -3.10. The highest BCUT2D eigenvalue weighted by molar-refractivity contribution is 7.90. The molecule has 0 radical (unpaired) electrons. The van der Waals surface area contributed by atoms with Crippen LogP contribution < -0.4 is 0 Å². The first-order valence-electron chi connectivity index (χ1n) is 4.83. The highest BCUT2D eigenvalue weighted by Crippen LogP contribution is 2.13. The summed E-state index contributed by atoms with van der Waals surface area (Å²) in [4.78, 5) is 0.336. The molecule has 0 aliphatic heterocycles. The molecule has 3 nitrogen and oxygen atoms in total. The highest BCUT2D eigenvalue weighted by atomic mass is 32.2.